The summed E-state index contributed by atoms with van der Waals surface area (Å²) < 4.78 is 22.4. The standard InChI is InChI=1S/C25H34N6O4/c1-32-20-6-5-19-3-2-4-22(21(19)17-20)28-29-23-18-24(31-10-14-34-15-11-31)27-25(26-23)35-16-9-30-7-12-33-13-8-30/h5-6,17-18H,2-4,7-16H2,1H3,(H,26,27,29). The third kappa shape index (κ3) is 6.19. The maximum absolute atomic E-state index is 5.99. The third-order valence-corrected chi connectivity index (χ3v) is 6.56. The number of anilines is 2. The summed E-state index contributed by atoms with van der Waals surface area (Å²) in [6, 6.07) is 8.49. The molecule has 1 aromatic heterocycles. The number of fused-ring (bicyclic) bond motifs is 1. The van der Waals surface area contributed by atoms with Crippen LogP contribution in [-0.4, -0.2) is 93.4 Å². The number of hydrazone groups is 1. The Morgan fingerprint density at radius 2 is 1.80 bits per heavy atom. The zero-order chi connectivity index (χ0) is 23.9. The Balaban J connectivity index is 1.33. The molecule has 0 saturated carbocycles. The van der Waals surface area contributed by atoms with E-state index in [1.807, 2.05) is 12.1 Å². The molecule has 2 aromatic rings. The molecule has 2 aliphatic heterocycles. The zero-order valence-corrected chi connectivity index (χ0v) is 20.4. The molecule has 1 aromatic carbocycles. The molecule has 2 saturated heterocycles. The van der Waals surface area contributed by atoms with Gasteiger partial charge in [-0.3, -0.25) is 10.3 Å². The predicted molar refractivity (Wildman–Crippen MR) is 134 cm³/mol. The van der Waals surface area contributed by atoms with E-state index in [4.69, 9.17) is 24.0 Å². The number of aromatic nitrogens is 2. The minimum absolute atomic E-state index is 0.357. The Labute approximate surface area is 206 Å². The summed E-state index contributed by atoms with van der Waals surface area (Å²) in [5, 5.41) is 4.75. The molecule has 10 heteroatoms. The number of ether oxygens (including phenoxy) is 4. The molecule has 0 unspecified atom stereocenters. The summed E-state index contributed by atoms with van der Waals surface area (Å²) in [4.78, 5) is 13.8. The van der Waals surface area contributed by atoms with E-state index in [9.17, 15) is 0 Å². The molecular formula is C25H34N6O4. The lowest BCUT2D eigenvalue weighted by molar-refractivity contribution is 0.0317. The van der Waals surface area contributed by atoms with Crippen molar-refractivity contribution in [3.8, 4) is 11.8 Å². The number of aryl methyl sites for hydroxylation is 1. The smallest absolute Gasteiger partial charge is 0.320 e. The van der Waals surface area contributed by atoms with Crippen LogP contribution in [-0.2, 0) is 15.9 Å². The topological polar surface area (TPSA) is 93.6 Å². The Hall–Kier alpha value is -2.95. The van der Waals surface area contributed by atoms with Crippen molar-refractivity contribution in [3.63, 3.8) is 0 Å². The van der Waals surface area contributed by atoms with E-state index < -0.39 is 0 Å². The monoisotopic (exact) mass is 482 g/mol. The van der Waals surface area contributed by atoms with E-state index in [2.05, 4.69) is 37.3 Å². The number of hydrogen-bond donors (Lipinski definition) is 1. The van der Waals surface area contributed by atoms with Gasteiger partial charge in [-0.15, -0.1) is 0 Å². The molecule has 3 heterocycles. The summed E-state index contributed by atoms with van der Waals surface area (Å²) in [6.07, 6.45) is 3.02. The van der Waals surface area contributed by atoms with Crippen LogP contribution in [0.1, 0.15) is 24.0 Å². The van der Waals surface area contributed by atoms with Crippen LogP contribution >= 0.6 is 0 Å². The van der Waals surface area contributed by atoms with Crippen LogP contribution in [0, 0.1) is 0 Å². The van der Waals surface area contributed by atoms with Crippen LogP contribution in [0.5, 0.6) is 11.8 Å². The third-order valence-electron chi connectivity index (χ3n) is 6.56. The van der Waals surface area contributed by atoms with Gasteiger partial charge in [-0.2, -0.15) is 15.1 Å². The summed E-state index contributed by atoms with van der Waals surface area (Å²) in [6.45, 7) is 7.66. The van der Waals surface area contributed by atoms with Crippen LogP contribution in [0.2, 0.25) is 0 Å². The minimum Gasteiger partial charge on any atom is -0.497 e. The van der Waals surface area contributed by atoms with Gasteiger partial charge in [0.1, 0.15) is 18.2 Å². The maximum atomic E-state index is 5.99. The highest BCUT2D eigenvalue weighted by Gasteiger charge is 2.19. The fourth-order valence-corrected chi connectivity index (χ4v) is 4.57. The van der Waals surface area contributed by atoms with Gasteiger partial charge in [0.05, 0.1) is 39.2 Å². The van der Waals surface area contributed by atoms with Crippen molar-refractivity contribution in [2.75, 3.05) is 83.2 Å². The highest BCUT2D eigenvalue weighted by atomic mass is 16.5. The van der Waals surface area contributed by atoms with Gasteiger partial charge < -0.3 is 23.8 Å². The van der Waals surface area contributed by atoms with E-state index in [1.165, 1.54) is 5.56 Å². The zero-order valence-electron chi connectivity index (χ0n) is 20.4. The van der Waals surface area contributed by atoms with Crippen molar-refractivity contribution in [1.29, 1.82) is 0 Å². The average molecular weight is 483 g/mol. The molecule has 0 bridgehead atoms. The number of nitrogens with one attached hydrogen (secondary N) is 1. The van der Waals surface area contributed by atoms with Crippen LogP contribution in [0.3, 0.4) is 0 Å². The van der Waals surface area contributed by atoms with Crippen molar-refractivity contribution in [1.82, 2.24) is 14.9 Å². The first-order valence-electron chi connectivity index (χ1n) is 12.4. The lowest BCUT2D eigenvalue weighted by atomic mass is 9.90. The molecule has 2 fully saturated rings. The maximum Gasteiger partial charge on any atom is 0.320 e. The Morgan fingerprint density at radius 1 is 1.00 bits per heavy atom. The molecule has 1 N–H and O–H groups in total. The number of methoxy groups -OCH3 is 1. The summed E-state index contributed by atoms with van der Waals surface area (Å²) in [5.41, 5.74) is 6.61. The van der Waals surface area contributed by atoms with Gasteiger partial charge in [0.15, 0.2) is 5.82 Å². The molecule has 10 nitrogen and oxygen atoms in total. The first kappa shape index (κ1) is 23.8. The molecule has 188 valence electrons. The van der Waals surface area contributed by atoms with Gasteiger partial charge in [0.25, 0.3) is 0 Å². The number of benzene rings is 1. The van der Waals surface area contributed by atoms with Gasteiger partial charge in [-0.25, -0.2) is 0 Å². The molecule has 0 spiro atoms. The minimum atomic E-state index is 0.357. The number of morpholine rings is 2. The summed E-state index contributed by atoms with van der Waals surface area (Å²) in [7, 11) is 1.69. The molecule has 0 radical (unpaired) electrons. The summed E-state index contributed by atoms with van der Waals surface area (Å²) >= 11 is 0. The lowest BCUT2D eigenvalue weighted by Gasteiger charge is -2.28. The van der Waals surface area contributed by atoms with Crippen LogP contribution in [0.15, 0.2) is 29.4 Å². The van der Waals surface area contributed by atoms with Crippen molar-refractivity contribution in [2.24, 2.45) is 5.10 Å². The first-order valence-corrected chi connectivity index (χ1v) is 12.4. The largest absolute Gasteiger partial charge is 0.497 e. The van der Waals surface area contributed by atoms with Gasteiger partial charge in [0, 0.05) is 44.4 Å². The van der Waals surface area contributed by atoms with E-state index in [0.717, 1.165) is 88.0 Å². The van der Waals surface area contributed by atoms with E-state index >= 15 is 0 Å². The number of rotatable bonds is 8. The van der Waals surface area contributed by atoms with Gasteiger partial charge >= 0.3 is 6.01 Å². The van der Waals surface area contributed by atoms with Gasteiger partial charge in [0.2, 0.25) is 0 Å². The van der Waals surface area contributed by atoms with Crippen molar-refractivity contribution >= 4 is 17.3 Å². The quantitative estimate of drug-likeness (QED) is 0.568. The Bertz CT molecular complexity index is 1020. The van der Waals surface area contributed by atoms with Crippen molar-refractivity contribution < 1.29 is 18.9 Å². The molecule has 3 aliphatic rings. The number of hydrogen-bond acceptors (Lipinski definition) is 10. The van der Waals surface area contributed by atoms with Gasteiger partial charge in [-0.1, -0.05) is 6.07 Å². The number of nitrogens with zero attached hydrogens (tertiary/aromatic N) is 5. The lowest BCUT2D eigenvalue weighted by Crippen LogP contribution is -2.39. The highest BCUT2D eigenvalue weighted by molar-refractivity contribution is 6.03. The van der Waals surface area contributed by atoms with E-state index in [1.54, 1.807) is 7.11 Å². The molecule has 35 heavy (non-hydrogen) atoms. The van der Waals surface area contributed by atoms with Crippen molar-refractivity contribution in [2.45, 2.75) is 19.3 Å². The highest BCUT2D eigenvalue weighted by Crippen LogP contribution is 2.27. The molecular weight excluding hydrogens is 448 g/mol. The fourth-order valence-electron chi connectivity index (χ4n) is 4.57. The predicted octanol–water partition coefficient (Wildman–Crippen LogP) is 2.19. The average Bonchev–Trinajstić information content (AvgIpc) is 2.92. The first-order chi connectivity index (χ1) is 17.3. The van der Waals surface area contributed by atoms with Crippen LogP contribution in [0.4, 0.5) is 11.6 Å². The SMILES string of the molecule is COc1ccc2c(c1)C(=NNc1cc(N3CCOCC3)nc(OCCN3CCOCC3)n1)CCC2. The summed E-state index contributed by atoms with van der Waals surface area (Å²) in [5.74, 6) is 2.27. The van der Waals surface area contributed by atoms with Gasteiger partial charge in [-0.05, 0) is 37.0 Å². The second-order valence-electron chi connectivity index (χ2n) is 8.84. The van der Waals surface area contributed by atoms with Crippen LogP contribution < -0.4 is 19.8 Å². The second-order valence-corrected chi connectivity index (χ2v) is 8.84. The Morgan fingerprint density at radius 3 is 2.60 bits per heavy atom. The van der Waals surface area contributed by atoms with Crippen molar-refractivity contribution in [3.05, 3.63) is 35.4 Å². The van der Waals surface area contributed by atoms with E-state index in [0.29, 0.717) is 31.6 Å². The molecule has 5 rings (SSSR count). The normalized spacial score (nSPS) is 19.9. The molecule has 1 aliphatic carbocycles. The van der Waals surface area contributed by atoms with Crippen LogP contribution in [0.25, 0.3) is 0 Å². The Kier molecular flexibility index (Phi) is 7.92. The van der Waals surface area contributed by atoms with E-state index in [-0.39, 0.29) is 0 Å². The molecule has 0 amide bonds. The second kappa shape index (κ2) is 11.7. The fraction of sp³-hybridized carbons (Fsp3) is 0.560. The molecule has 0 atom stereocenters.